The number of rotatable bonds is 4. The summed E-state index contributed by atoms with van der Waals surface area (Å²) in [6.45, 7) is 12.4. The third-order valence-electron chi connectivity index (χ3n) is 7.54. The number of phenolic OH excluding ortho intramolecular Hbond substituents is 1. The summed E-state index contributed by atoms with van der Waals surface area (Å²) in [6.07, 6.45) is 3.43. The van der Waals surface area contributed by atoms with Gasteiger partial charge in [0, 0.05) is 68.0 Å². The van der Waals surface area contributed by atoms with Crippen molar-refractivity contribution in [1.29, 1.82) is 0 Å². The van der Waals surface area contributed by atoms with Gasteiger partial charge in [-0.1, -0.05) is 18.2 Å². The molecule has 0 aliphatic carbocycles. The van der Waals surface area contributed by atoms with Crippen LogP contribution in [0.5, 0.6) is 5.75 Å². The maximum atomic E-state index is 14.9. The minimum atomic E-state index is -0.419. The molecule has 0 bridgehead atoms. The summed E-state index contributed by atoms with van der Waals surface area (Å²) < 4.78 is 18.0. The second-order valence-electron chi connectivity index (χ2n) is 11.1. The van der Waals surface area contributed by atoms with Gasteiger partial charge in [-0.15, -0.1) is 0 Å². The van der Waals surface area contributed by atoms with E-state index in [0.29, 0.717) is 16.7 Å². The van der Waals surface area contributed by atoms with Gasteiger partial charge in [0.05, 0.1) is 5.69 Å². The van der Waals surface area contributed by atoms with Crippen LogP contribution >= 0.6 is 0 Å². The van der Waals surface area contributed by atoms with E-state index in [1.807, 2.05) is 43.3 Å². The number of aromatic hydroxyl groups is 1. The Hall–Kier alpha value is -3.84. The molecule has 198 valence electrons. The Morgan fingerprint density at radius 2 is 1.53 bits per heavy atom. The van der Waals surface area contributed by atoms with Crippen molar-refractivity contribution in [2.24, 2.45) is 7.05 Å². The Morgan fingerprint density at radius 3 is 2.11 bits per heavy atom. The molecular formula is C31H35FN4O2. The molecule has 38 heavy (non-hydrogen) atoms. The number of imidazole rings is 1. The molecule has 3 aromatic carbocycles. The van der Waals surface area contributed by atoms with Crippen molar-refractivity contribution in [3.63, 3.8) is 0 Å². The van der Waals surface area contributed by atoms with Crippen molar-refractivity contribution in [1.82, 2.24) is 14.0 Å². The van der Waals surface area contributed by atoms with Gasteiger partial charge in [0.2, 0.25) is 0 Å². The first-order valence-corrected chi connectivity index (χ1v) is 13.0. The van der Waals surface area contributed by atoms with E-state index in [1.165, 1.54) is 16.7 Å². The van der Waals surface area contributed by atoms with Crippen LogP contribution in [0.15, 0.2) is 71.8 Å². The van der Waals surface area contributed by atoms with Gasteiger partial charge in [-0.3, -0.25) is 9.47 Å². The van der Waals surface area contributed by atoms with Crippen LogP contribution in [0.4, 0.5) is 10.1 Å². The maximum Gasteiger partial charge on any atom is 0.332 e. The maximum absolute atomic E-state index is 14.9. The van der Waals surface area contributed by atoms with E-state index in [-0.39, 0.29) is 17.0 Å². The van der Waals surface area contributed by atoms with Crippen molar-refractivity contribution in [2.75, 3.05) is 31.1 Å². The molecule has 5 rings (SSSR count). The van der Waals surface area contributed by atoms with Crippen LogP contribution < -0.4 is 10.6 Å². The van der Waals surface area contributed by atoms with Crippen molar-refractivity contribution in [2.45, 2.75) is 33.2 Å². The van der Waals surface area contributed by atoms with Crippen molar-refractivity contribution in [3.8, 4) is 33.7 Å². The predicted octanol–water partition coefficient (Wildman–Crippen LogP) is 5.58. The molecule has 7 heteroatoms. The smallest absolute Gasteiger partial charge is 0.332 e. The Morgan fingerprint density at radius 1 is 0.868 bits per heavy atom. The zero-order valence-corrected chi connectivity index (χ0v) is 22.7. The monoisotopic (exact) mass is 514 g/mol. The minimum absolute atomic E-state index is 0.0325. The van der Waals surface area contributed by atoms with E-state index in [9.17, 15) is 14.3 Å². The quantitative estimate of drug-likeness (QED) is 0.386. The minimum Gasteiger partial charge on any atom is -0.507 e. The highest BCUT2D eigenvalue weighted by Gasteiger charge is 2.26. The molecule has 6 nitrogen and oxygen atoms in total. The van der Waals surface area contributed by atoms with Crippen LogP contribution in [-0.4, -0.2) is 50.9 Å². The van der Waals surface area contributed by atoms with Gasteiger partial charge in [-0.05, 0) is 80.8 Å². The van der Waals surface area contributed by atoms with E-state index in [1.54, 1.807) is 24.0 Å². The van der Waals surface area contributed by atoms with Gasteiger partial charge < -0.3 is 14.6 Å². The van der Waals surface area contributed by atoms with E-state index < -0.39 is 5.82 Å². The molecule has 0 unspecified atom stereocenters. The predicted molar refractivity (Wildman–Crippen MR) is 152 cm³/mol. The standard InChI is InChI=1S/C31H35FN4O2/c1-21-17-23(9-10-28(21)36-16-11-33(5)30(36)38)27-20-24(32)19-26(29(27)37)22-7-6-8-25(18-22)34-12-14-35(15-13-34)31(2,3)4/h6-11,16-20,37H,12-15H2,1-5H3. The zero-order valence-electron chi connectivity index (χ0n) is 22.7. The molecule has 1 saturated heterocycles. The third-order valence-corrected chi connectivity index (χ3v) is 7.54. The van der Waals surface area contributed by atoms with Crippen molar-refractivity contribution < 1.29 is 9.50 Å². The zero-order chi connectivity index (χ0) is 27.2. The number of aromatic nitrogens is 2. The fraction of sp³-hybridized carbons (Fsp3) is 0.323. The Balaban J connectivity index is 1.47. The average Bonchev–Trinajstić information content (AvgIpc) is 3.22. The topological polar surface area (TPSA) is 53.6 Å². The third kappa shape index (κ3) is 4.86. The Kier molecular flexibility index (Phi) is 6.65. The first-order valence-electron chi connectivity index (χ1n) is 13.0. The molecule has 4 aromatic rings. The van der Waals surface area contributed by atoms with Crippen LogP contribution in [0.3, 0.4) is 0 Å². The fourth-order valence-electron chi connectivity index (χ4n) is 5.29. The molecule has 2 heterocycles. The summed E-state index contributed by atoms with van der Waals surface area (Å²) in [4.78, 5) is 17.2. The lowest BCUT2D eigenvalue weighted by molar-refractivity contribution is 0.128. The molecule has 0 radical (unpaired) electrons. The Labute approximate surface area is 223 Å². The van der Waals surface area contributed by atoms with E-state index in [4.69, 9.17) is 0 Å². The van der Waals surface area contributed by atoms with Crippen LogP contribution in [0.2, 0.25) is 0 Å². The number of halogens is 1. The normalized spacial score (nSPS) is 14.7. The molecular weight excluding hydrogens is 479 g/mol. The van der Waals surface area contributed by atoms with Gasteiger partial charge in [0.25, 0.3) is 0 Å². The van der Waals surface area contributed by atoms with E-state index in [0.717, 1.165) is 48.7 Å². The molecule has 1 aliphatic heterocycles. The largest absolute Gasteiger partial charge is 0.507 e. The second kappa shape index (κ2) is 9.80. The number of anilines is 1. The summed E-state index contributed by atoms with van der Waals surface area (Å²) >= 11 is 0. The molecule has 1 aromatic heterocycles. The number of hydrogen-bond donors (Lipinski definition) is 1. The van der Waals surface area contributed by atoms with Gasteiger partial charge >= 0.3 is 5.69 Å². The van der Waals surface area contributed by atoms with Gasteiger partial charge in [-0.2, -0.15) is 0 Å². The van der Waals surface area contributed by atoms with Crippen LogP contribution in [0, 0.1) is 12.7 Å². The average molecular weight is 515 g/mol. The molecule has 0 amide bonds. The second-order valence-corrected chi connectivity index (χ2v) is 11.1. The number of benzene rings is 3. The molecule has 0 atom stereocenters. The fourth-order valence-corrected chi connectivity index (χ4v) is 5.29. The van der Waals surface area contributed by atoms with E-state index >= 15 is 0 Å². The molecule has 0 spiro atoms. The van der Waals surface area contributed by atoms with Crippen molar-refractivity contribution >= 4 is 5.69 Å². The van der Waals surface area contributed by atoms with Crippen LogP contribution in [0.1, 0.15) is 26.3 Å². The lowest BCUT2D eigenvalue weighted by Crippen LogP contribution is -2.53. The summed E-state index contributed by atoms with van der Waals surface area (Å²) in [5, 5.41) is 11.3. The summed E-state index contributed by atoms with van der Waals surface area (Å²) in [5.41, 5.74) is 4.98. The van der Waals surface area contributed by atoms with Gasteiger partial charge in [0.1, 0.15) is 11.6 Å². The summed E-state index contributed by atoms with van der Waals surface area (Å²) in [5.74, 6) is -0.386. The summed E-state index contributed by atoms with van der Waals surface area (Å²) in [7, 11) is 1.70. The molecule has 1 fully saturated rings. The van der Waals surface area contributed by atoms with Crippen LogP contribution in [-0.2, 0) is 7.05 Å². The number of hydrogen-bond acceptors (Lipinski definition) is 4. The van der Waals surface area contributed by atoms with Crippen LogP contribution in [0.25, 0.3) is 27.9 Å². The number of nitrogens with zero attached hydrogens (tertiary/aromatic N) is 4. The summed E-state index contributed by atoms with van der Waals surface area (Å²) in [6, 6.07) is 16.2. The highest BCUT2D eigenvalue weighted by molar-refractivity contribution is 5.83. The lowest BCUT2D eigenvalue weighted by Gasteiger charge is -2.43. The SMILES string of the molecule is Cc1cc(-c2cc(F)cc(-c3cccc(N4CCN(C(C)(C)C)CC4)c3)c2O)ccc1-n1ccn(C)c1=O. The van der Waals surface area contributed by atoms with E-state index in [2.05, 4.69) is 36.6 Å². The molecule has 1 aliphatic rings. The first-order chi connectivity index (χ1) is 18.0. The number of piperazine rings is 1. The van der Waals surface area contributed by atoms with Gasteiger partial charge in [0.15, 0.2) is 0 Å². The molecule has 1 N–H and O–H groups in total. The number of aryl methyl sites for hydroxylation is 2. The van der Waals surface area contributed by atoms with Crippen molar-refractivity contribution in [3.05, 3.63) is 88.9 Å². The Bertz CT molecular complexity index is 1540. The highest BCUT2D eigenvalue weighted by Crippen LogP contribution is 2.40. The number of phenols is 1. The molecule has 0 saturated carbocycles. The van der Waals surface area contributed by atoms with Gasteiger partial charge in [-0.25, -0.2) is 9.18 Å². The highest BCUT2D eigenvalue weighted by atomic mass is 19.1. The first kappa shape index (κ1) is 25.8. The lowest BCUT2D eigenvalue weighted by atomic mass is 9.95.